The summed E-state index contributed by atoms with van der Waals surface area (Å²) in [4.78, 5) is 6.50. The SMILES string of the molecule is CN=C(NCCS(=O)Cc1ccccc1)NC1CCN(c2cccc(F)c2)CC1. The molecule has 156 valence electrons. The van der Waals surface area contributed by atoms with E-state index >= 15 is 0 Å². The van der Waals surface area contributed by atoms with Gasteiger partial charge in [-0.25, -0.2) is 4.39 Å². The van der Waals surface area contributed by atoms with Crippen molar-refractivity contribution in [1.29, 1.82) is 0 Å². The Hall–Kier alpha value is -2.41. The van der Waals surface area contributed by atoms with Crippen LogP contribution in [0.3, 0.4) is 0 Å². The molecule has 29 heavy (non-hydrogen) atoms. The third-order valence-corrected chi connectivity index (χ3v) is 6.34. The lowest BCUT2D eigenvalue weighted by Gasteiger charge is -2.34. The molecule has 3 rings (SSSR count). The van der Waals surface area contributed by atoms with E-state index in [4.69, 9.17) is 0 Å². The molecule has 0 bridgehead atoms. The molecule has 1 unspecified atom stereocenters. The summed E-state index contributed by atoms with van der Waals surface area (Å²) in [5.74, 6) is 1.70. The van der Waals surface area contributed by atoms with Crippen LogP contribution in [0, 0.1) is 5.82 Å². The summed E-state index contributed by atoms with van der Waals surface area (Å²) in [5, 5.41) is 6.72. The average molecular weight is 417 g/mol. The van der Waals surface area contributed by atoms with Gasteiger partial charge in [-0.15, -0.1) is 0 Å². The van der Waals surface area contributed by atoms with Gasteiger partial charge in [0.25, 0.3) is 0 Å². The van der Waals surface area contributed by atoms with Crippen molar-refractivity contribution in [3.8, 4) is 0 Å². The zero-order valence-electron chi connectivity index (χ0n) is 16.8. The molecule has 7 heteroatoms. The fourth-order valence-electron chi connectivity index (χ4n) is 3.46. The fourth-order valence-corrected chi connectivity index (χ4v) is 4.50. The van der Waals surface area contributed by atoms with E-state index in [-0.39, 0.29) is 5.82 Å². The molecule has 1 saturated heterocycles. The topological polar surface area (TPSA) is 56.7 Å². The molecule has 1 aliphatic rings. The lowest BCUT2D eigenvalue weighted by atomic mass is 10.0. The molecule has 2 N–H and O–H groups in total. The quantitative estimate of drug-likeness (QED) is 0.538. The first-order chi connectivity index (χ1) is 14.1. The van der Waals surface area contributed by atoms with Crippen LogP contribution in [-0.4, -0.2) is 48.6 Å². The number of hydrogen-bond acceptors (Lipinski definition) is 3. The molecule has 0 aromatic heterocycles. The van der Waals surface area contributed by atoms with Crippen molar-refractivity contribution in [2.75, 3.05) is 37.3 Å². The molecule has 0 radical (unpaired) electrons. The Morgan fingerprint density at radius 3 is 2.62 bits per heavy atom. The number of piperidine rings is 1. The van der Waals surface area contributed by atoms with Gasteiger partial charge in [-0.2, -0.15) is 0 Å². The van der Waals surface area contributed by atoms with Crippen LogP contribution in [0.5, 0.6) is 0 Å². The minimum Gasteiger partial charge on any atom is -0.371 e. The van der Waals surface area contributed by atoms with Crippen molar-refractivity contribution in [3.63, 3.8) is 0 Å². The normalized spacial score (nSPS) is 16.5. The van der Waals surface area contributed by atoms with Crippen LogP contribution in [0.15, 0.2) is 59.6 Å². The Morgan fingerprint density at radius 2 is 1.93 bits per heavy atom. The number of benzene rings is 2. The van der Waals surface area contributed by atoms with E-state index < -0.39 is 10.8 Å². The lowest BCUT2D eigenvalue weighted by molar-refractivity contribution is 0.461. The Labute approximate surface area is 174 Å². The molecule has 2 aromatic rings. The predicted molar refractivity (Wildman–Crippen MR) is 119 cm³/mol. The molecule has 0 spiro atoms. The summed E-state index contributed by atoms with van der Waals surface area (Å²) in [7, 11) is 0.842. The van der Waals surface area contributed by atoms with Gasteiger partial charge in [0.05, 0.1) is 0 Å². The molecule has 1 fully saturated rings. The standard InChI is InChI=1S/C22H29FN4OS/c1-24-22(25-12-15-29(28)17-18-6-3-2-4-7-18)26-20-10-13-27(14-11-20)21-9-5-8-19(23)16-21/h2-9,16,20H,10-15,17H2,1H3,(H2,24,25,26). The predicted octanol–water partition coefficient (Wildman–Crippen LogP) is 2.91. The highest BCUT2D eigenvalue weighted by Crippen LogP contribution is 2.20. The van der Waals surface area contributed by atoms with Crippen molar-refractivity contribution >= 4 is 22.4 Å². The molecule has 1 atom stereocenters. The smallest absolute Gasteiger partial charge is 0.191 e. The maximum atomic E-state index is 13.4. The maximum Gasteiger partial charge on any atom is 0.191 e. The molecule has 0 amide bonds. The highest BCUT2D eigenvalue weighted by atomic mass is 32.2. The van der Waals surface area contributed by atoms with Crippen molar-refractivity contribution in [1.82, 2.24) is 10.6 Å². The Balaban J connectivity index is 1.38. The number of nitrogens with zero attached hydrogens (tertiary/aromatic N) is 2. The number of halogens is 1. The van der Waals surface area contributed by atoms with Gasteiger partial charge in [-0.3, -0.25) is 9.20 Å². The summed E-state index contributed by atoms with van der Waals surface area (Å²) in [6.07, 6.45) is 1.91. The van der Waals surface area contributed by atoms with Gasteiger partial charge in [0.1, 0.15) is 5.82 Å². The van der Waals surface area contributed by atoms with E-state index in [1.165, 1.54) is 6.07 Å². The van der Waals surface area contributed by atoms with E-state index in [1.807, 2.05) is 36.4 Å². The second-order valence-corrected chi connectivity index (χ2v) is 8.73. The van der Waals surface area contributed by atoms with Gasteiger partial charge < -0.3 is 15.5 Å². The number of guanidine groups is 1. The highest BCUT2D eigenvalue weighted by Gasteiger charge is 2.20. The van der Waals surface area contributed by atoms with Crippen molar-refractivity contribution in [2.45, 2.75) is 24.6 Å². The van der Waals surface area contributed by atoms with E-state index in [2.05, 4.69) is 20.5 Å². The van der Waals surface area contributed by atoms with Crippen molar-refractivity contribution < 1.29 is 8.60 Å². The molecule has 5 nitrogen and oxygen atoms in total. The highest BCUT2D eigenvalue weighted by molar-refractivity contribution is 7.84. The van der Waals surface area contributed by atoms with Gasteiger partial charge in [-0.05, 0) is 36.6 Å². The Bertz CT molecular complexity index is 823. The number of hydrogen-bond donors (Lipinski definition) is 2. The average Bonchev–Trinajstić information content (AvgIpc) is 2.74. The number of aliphatic imine (C=N–C) groups is 1. The zero-order chi connectivity index (χ0) is 20.5. The van der Waals surface area contributed by atoms with Gasteiger partial charge >= 0.3 is 0 Å². The molecule has 0 saturated carbocycles. The first-order valence-electron chi connectivity index (χ1n) is 10.0. The van der Waals surface area contributed by atoms with Crippen LogP contribution in [0.2, 0.25) is 0 Å². The van der Waals surface area contributed by atoms with Crippen LogP contribution in [-0.2, 0) is 16.6 Å². The number of nitrogens with one attached hydrogen (secondary N) is 2. The lowest BCUT2D eigenvalue weighted by Crippen LogP contribution is -2.49. The van der Waals surface area contributed by atoms with Crippen LogP contribution in [0.1, 0.15) is 18.4 Å². The first-order valence-corrected chi connectivity index (χ1v) is 11.5. The first kappa shape index (κ1) is 21.3. The van der Waals surface area contributed by atoms with E-state index in [0.717, 1.165) is 43.1 Å². The van der Waals surface area contributed by atoms with Crippen LogP contribution in [0.4, 0.5) is 10.1 Å². The summed E-state index contributed by atoms with van der Waals surface area (Å²) in [5.41, 5.74) is 2.03. The zero-order valence-corrected chi connectivity index (χ0v) is 17.6. The largest absolute Gasteiger partial charge is 0.371 e. The maximum absolute atomic E-state index is 13.4. The number of anilines is 1. The van der Waals surface area contributed by atoms with Gasteiger partial charge in [0.15, 0.2) is 5.96 Å². The third kappa shape index (κ3) is 6.85. The molecule has 0 aliphatic carbocycles. The van der Waals surface area contributed by atoms with Crippen LogP contribution < -0.4 is 15.5 Å². The minimum absolute atomic E-state index is 0.197. The van der Waals surface area contributed by atoms with E-state index in [9.17, 15) is 8.60 Å². The summed E-state index contributed by atoms with van der Waals surface area (Å²) < 4.78 is 25.7. The van der Waals surface area contributed by atoms with Crippen LogP contribution in [0.25, 0.3) is 0 Å². The fraction of sp³-hybridized carbons (Fsp3) is 0.409. The summed E-state index contributed by atoms with van der Waals surface area (Å²) in [6, 6.07) is 17.0. The minimum atomic E-state index is -0.907. The molecular formula is C22H29FN4OS. The van der Waals surface area contributed by atoms with E-state index in [1.54, 1.807) is 19.2 Å². The number of rotatable bonds is 7. The molecule has 1 heterocycles. The van der Waals surface area contributed by atoms with Gasteiger partial charge in [-0.1, -0.05) is 36.4 Å². The molecular weight excluding hydrogens is 387 g/mol. The summed E-state index contributed by atoms with van der Waals surface area (Å²) >= 11 is 0. The second-order valence-electron chi connectivity index (χ2n) is 7.16. The molecule has 2 aromatic carbocycles. The second kappa shape index (κ2) is 11.0. The summed E-state index contributed by atoms with van der Waals surface area (Å²) in [6.45, 7) is 2.36. The van der Waals surface area contributed by atoms with E-state index in [0.29, 0.717) is 24.1 Å². The monoisotopic (exact) mass is 416 g/mol. The van der Waals surface area contributed by atoms with Gasteiger partial charge in [0.2, 0.25) is 0 Å². The van der Waals surface area contributed by atoms with Gasteiger partial charge in [0, 0.05) is 60.7 Å². The molecule has 1 aliphatic heterocycles. The Kier molecular flexibility index (Phi) is 8.04. The van der Waals surface area contributed by atoms with Crippen molar-refractivity contribution in [2.24, 2.45) is 4.99 Å². The van der Waals surface area contributed by atoms with Crippen LogP contribution >= 0.6 is 0 Å². The third-order valence-electron chi connectivity index (χ3n) is 5.03. The van der Waals surface area contributed by atoms with Crippen molar-refractivity contribution in [3.05, 3.63) is 66.0 Å². The Morgan fingerprint density at radius 1 is 1.17 bits per heavy atom.